The van der Waals surface area contributed by atoms with Crippen LogP contribution in [0.15, 0.2) is 6.33 Å². The van der Waals surface area contributed by atoms with Gasteiger partial charge in [-0.15, -0.1) is 10.2 Å². The zero-order valence-electron chi connectivity index (χ0n) is 11.8. The van der Waals surface area contributed by atoms with E-state index in [1.165, 1.54) is 0 Å². The Bertz CT molecular complexity index is 536. The first-order chi connectivity index (χ1) is 10.1. The topological polar surface area (TPSA) is 91.6 Å². The molecule has 3 heterocycles. The highest BCUT2D eigenvalue weighted by Crippen LogP contribution is 2.18. The van der Waals surface area contributed by atoms with Crippen LogP contribution in [-0.4, -0.2) is 67.7 Å². The van der Waals surface area contributed by atoms with E-state index in [4.69, 9.17) is 5.11 Å². The lowest BCUT2D eigenvalue weighted by atomic mass is 9.97. The number of aromatic nitrogens is 3. The fraction of sp³-hybridized carbons (Fsp3) is 0.692. The van der Waals surface area contributed by atoms with Crippen molar-refractivity contribution >= 4 is 11.9 Å². The molecule has 0 aliphatic carbocycles. The van der Waals surface area contributed by atoms with Crippen LogP contribution in [-0.2, 0) is 22.7 Å². The van der Waals surface area contributed by atoms with Gasteiger partial charge in [0.15, 0.2) is 0 Å². The third-order valence-electron chi connectivity index (χ3n) is 4.27. The molecule has 0 bridgehead atoms. The second kappa shape index (κ2) is 5.80. The fourth-order valence-corrected chi connectivity index (χ4v) is 2.92. The Kier molecular flexibility index (Phi) is 3.87. The van der Waals surface area contributed by atoms with Gasteiger partial charge in [0.05, 0.1) is 19.0 Å². The predicted molar refractivity (Wildman–Crippen MR) is 72.2 cm³/mol. The highest BCUT2D eigenvalue weighted by molar-refractivity contribution is 5.79. The lowest BCUT2D eigenvalue weighted by Crippen LogP contribution is -2.46. The average Bonchev–Trinajstić information content (AvgIpc) is 2.95. The Balaban J connectivity index is 1.50. The molecule has 1 fully saturated rings. The third kappa shape index (κ3) is 3.05. The van der Waals surface area contributed by atoms with E-state index >= 15 is 0 Å². The smallest absolute Gasteiger partial charge is 0.306 e. The van der Waals surface area contributed by atoms with E-state index < -0.39 is 5.97 Å². The molecular formula is C13H19N5O3. The minimum absolute atomic E-state index is 0.0757. The molecule has 8 heteroatoms. The Morgan fingerprint density at radius 1 is 1.24 bits per heavy atom. The van der Waals surface area contributed by atoms with Gasteiger partial charge in [0, 0.05) is 26.2 Å². The Morgan fingerprint density at radius 3 is 2.71 bits per heavy atom. The molecule has 0 unspecified atom stereocenters. The minimum Gasteiger partial charge on any atom is -0.481 e. The van der Waals surface area contributed by atoms with Crippen LogP contribution in [0.5, 0.6) is 0 Å². The molecule has 0 aromatic carbocycles. The summed E-state index contributed by atoms with van der Waals surface area (Å²) >= 11 is 0. The van der Waals surface area contributed by atoms with Crippen molar-refractivity contribution in [1.82, 2.24) is 24.6 Å². The number of rotatable bonds is 3. The highest BCUT2D eigenvalue weighted by Gasteiger charge is 2.28. The van der Waals surface area contributed by atoms with E-state index in [0.717, 1.165) is 18.9 Å². The lowest BCUT2D eigenvalue weighted by Gasteiger charge is -2.33. The second-order valence-electron chi connectivity index (χ2n) is 5.64. The van der Waals surface area contributed by atoms with Crippen molar-refractivity contribution in [1.29, 1.82) is 0 Å². The van der Waals surface area contributed by atoms with Crippen LogP contribution in [0.4, 0.5) is 0 Å². The number of carboxylic acid groups (broad SMARTS) is 1. The van der Waals surface area contributed by atoms with E-state index in [0.29, 0.717) is 39.0 Å². The number of fused-ring (bicyclic) bond motifs is 1. The molecule has 3 rings (SSSR count). The molecular weight excluding hydrogens is 274 g/mol. The Morgan fingerprint density at radius 2 is 2.00 bits per heavy atom. The van der Waals surface area contributed by atoms with Crippen molar-refractivity contribution in [2.45, 2.75) is 25.9 Å². The highest BCUT2D eigenvalue weighted by atomic mass is 16.4. The van der Waals surface area contributed by atoms with Gasteiger partial charge in [0.2, 0.25) is 5.91 Å². The van der Waals surface area contributed by atoms with E-state index in [2.05, 4.69) is 15.1 Å². The molecule has 0 atom stereocenters. The van der Waals surface area contributed by atoms with Gasteiger partial charge in [0.1, 0.15) is 12.2 Å². The molecule has 1 N–H and O–H groups in total. The summed E-state index contributed by atoms with van der Waals surface area (Å²) in [5, 5.41) is 16.9. The molecule has 0 spiro atoms. The summed E-state index contributed by atoms with van der Waals surface area (Å²) in [6.45, 7) is 3.70. The summed E-state index contributed by atoms with van der Waals surface area (Å²) in [4.78, 5) is 27.0. The number of amides is 1. The summed E-state index contributed by atoms with van der Waals surface area (Å²) < 4.78 is 2.00. The average molecular weight is 293 g/mol. The number of carboxylic acids is 1. The van der Waals surface area contributed by atoms with Gasteiger partial charge in [-0.1, -0.05) is 0 Å². The number of likely N-dealkylation sites (tertiary alicyclic amines) is 1. The summed E-state index contributed by atoms with van der Waals surface area (Å²) in [6.07, 6.45) is 2.82. The van der Waals surface area contributed by atoms with Gasteiger partial charge in [-0.2, -0.15) is 0 Å². The summed E-state index contributed by atoms with van der Waals surface area (Å²) in [6, 6.07) is 0. The maximum Gasteiger partial charge on any atom is 0.306 e. The normalized spacial score (nSPS) is 20.3. The van der Waals surface area contributed by atoms with Crippen LogP contribution in [0.1, 0.15) is 18.7 Å². The summed E-state index contributed by atoms with van der Waals surface area (Å²) in [5.41, 5.74) is 0. The second-order valence-corrected chi connectivity index (χ2v) is 5.64. The van der Waals surface area contributed by atoms with Crippen molar-refractivity contribution in [3.63, 3.8) is 0 Å². The van der Waals surface area contributed by atoms with Crippen molar-refractivity contribution in [2.24, 2.45) is 5.92 Å². The quantitative estimate of drug-likeness (QED) is 0.801. The molecule has 114 valence electrons. The zero-order valence-corrected chi connectivity index (χ0v) is 11.8. The van der Waals surface area contributed by atoms with Gasteiger partial charge in [0.25, 0.3) is 0 Å². The van der Waals surface area contributed by atoms with Crippen molar-refractivity contribution in [3.05, 3.63) is 12.2 Å². The molecule has 0 saturated carbocycles. The summed E-state index contributed by atoms with van der Waals surface area (Å²) in [7, 11) is 0. The van der Waals surface area contributed by atoms with Crippen LogP contribution in [0.25, 0.3) is 0 Å². The Labute approximate surface area is 122 Å². The molecule has 2 aliphatic heterocycles. The number of carbonyl (C=O) groups excluding carboxylic acids is 1. The van der Waals surface area contributed by atoms with E-state index in [9.17, 15) is 9.59 Å². The first-order valence-electron chi connectivity index (χ1n) is 7.23. The first-order valence-corrected chi connectivity index (χ1v) is 7.23. The molecule has 0 radical (unpaired) electrons. The van der Waals surface area contributed by atoms with Crippen molar-refractivity contribution in [3.8, 4) is 0 Å². The fourth-order valence-electron chi connectivity index (χ4n) is 2.92. The number of nitrogens with zero attached hydrogens (tertiary/aromatic N) is 5. The standard InChI is InChI=1S/C13H19N5O3/c19-12(17-3-1-10(2-4-17)13(20)21)8-16-5-6-18-9-14-15-11(18)7-16/h9-10H,1-8H2,(H,20,21). The number of hydrogen-bond acceptors (Lipinski definition) is 5. The summed E-state index contributed by atoms with van der Waals surface area (Å²) in [5.74, 6) is -0.0921. The van der Waals surface area contributed by atoms with Crippen LogP contribution in [0, 0.1) is 5.92 Å². The molecule has 8 nitrogen and oxygen atoms in total. The van der Waals surface area contributed by atoms with Gasteiger partial charge < -0.3 is 14.6 Å². The molecule has 1 aromatic rings. The first kappa shape index (κ1) is 14.0. The van der Waals surface area contributed by atoms with E-state index in [1.54, 1.807) is 11.2 Å². The predicted octanol–water partition coefficient (Wildman–Crippen LogP) is -0.583. The minimum atomic E-state index is -0.752. The van der Waals surface area contributed by atoms with Crippen LogP contribution in [0.2, 0.25) is 0 Å². The number of aliphatic carboxylic acids is 1. The van der Waals surface area contributed by atoms with Crippen LogP contribution >= 0.6 is 0 Å². The number of hydrogen-bond donors (Lipinski definition) is 1. The van der Waals surface area contributed by atoms with E-state index in [1.807, 2.05) is 4.57 Å². The van der Waals surface area contributed by atoms with Crippen LogP contribution in [0.3, 0.4) is 0 Å². The molecule has 21 heavy (non-hydrogen) atoms. The zero-order chi connectivity index (χ0) is 14.8. The van der Waals surface area contributed by atoms with Gasteiger partial charge in [-0.05, 0) is 12.8 Å². The van der Waals surface area contributed by atoms with Crippen LogP contribution < -0.4 is 0 Å². The molecule has 1 saturated heterocycles. The maximum atomic E-state index is 12.3. The molecule has 2 aliphatic rings. The van der Waals surface area contributed by atoms with Gasteiger partial charge in [-0.3, -0.25) is 14.5 Å². The maximum absolute atomic E-state index is 12.3. The number of piperidine rings is 1. The third-order valence-corrected chi connectivity index (χ3v) is 4.27. The van der Waals surface area contributed by atoms with Crippen molar-refractivity contribution < 1.29 is 14.7 Å². The van der Waals surface area contributed by atoms with Gasteiger partial charge >= 0.3 is 5.97 Å². The lowest BCUT2D eigenvalue weighted by molar-refractivity contribution is -0.146. The molecule has 1 amide bonds. The largest absolute Gasteiger partial charge is 0.481 e. The SMILES string of the molecule is O=C(O)C1CCN(C(=O)CN2CCn3cnnc3C2)CC1. The van der Waals surface area contributed by atoms with E-state index in [-0.39, 0.29) is 11.8 Å². The van der Waals surface area contributed by atoms with Crippen molar-refractivity contribution in [2.75, 3.05) is 26.2 Å². The monoisotopic (exact) mass is 293 g/mol. The Hall–Kier alpha value is -1.96. The molecule has 1 aromatic heterocycles. The number of carbonyl (C=O) groups is 2. The van der Waals surface area contributed by atoms with Gasteiger partial charge in [-0.25, -0.2) is 0 Å².